The van der Waals surface area contributed by atoms with E-state index < -0.39 is 0 Å². The molecule has 2 aliphatic heterocycles. The first-order valence-corrected chi connectivity index (χ1v) is 12.1. The molecule has 1 aromatic rings. The van der Waals surface area contributed by atoms with E-state index >= 15 is 0 Å². The summed E-state index contributed by atoms with van der Waals surface area (Å²) < 4.78 is 6.02. The van der Waals surface area contributed by atoms with Crippen LogP contribution >= 0.6 is 0 Å². The molecule has 1 aromatic carbocycles. The SMILES string of the molecule is O=C(N[C@H]1C2CCC[C@@H](O)CC1CC2)N1[C@@H]2CC[C@H]1CC(COc1ccccc1)C2. The molecular weight excluding hydrogens is 376 g/mol. The van der Waals surface area contributed by atoms with Gasteiger partial charge < -0.3 is 20.1 Å². The van der Waals surface area contributed by atoms with Crippen molar-refractivity contribution in [2.45, 2.75) is 88.4 Å². The average molecular weight is 413 g/mol. The zero-order chi connectivity index (χ0) is 20.5. The van der Waals surface area contributed by atoms with Gasteiger partial charge in [-0.2, -0.15) is 0 Å². The number of amides is 2. The Kier molecular flexibility index (Phi) is 5.90. The number of rotatable bonds is 4. The van der Waals surface area contributed by atoms with Gasteiger partial charge in [0.2, 0.25) is 0 Å². The molecule has 30 heavy (non-hydrogen) atoms. The van der Waals surface area contributed by atoms with Crippen LogP contribution in [0.2, 0.25) is 0 Å². The predicted molar refractivity (Wildman–Crippen MR) is 116 cm³/mol. The number of aliphatic hydroxyl groups is 1. The highest BCUT2D eigenvalue weighted by atomic mass is 16.5. The molecule has 2 saturated carbocycles. The zero-order valence-corrected chi connectivity index (χ0v) is 17.9. The summed E-state index contributed by atoms with van der Waals surface area (Å²) in [5.41, 5.74) is 0. The summed E-state index contributed by atoms with van der Waals surface area (Å²) in [6, 6.07) is 11.2. The standard InChI is InChI=1S/C25H36N2O3/c28-22-6-4-5-18-9-10-19(15-22)24(18)26-25(29)27-20-11-12-21(27)14-17(13-20)16-30-23-7-2-1-3-8-23/h1-3,7-8,17-22,24,28H,4-6,9-16H2,(H,26,29)/t17?,18?,19?,20-,21+,22-,24+/m1/s1. The summed E-state index contributed by atoms with van der Waals surface area (Å²) in [5, 5.41) is 13.7. The number of nitrogens with one attached hydrogen (secondary N) is 1. The van der Waals surface area contributed by atoms with Crippen molar-refractivity contribution in [1.29, 1.82) is 0 Å². The third kappa shape index (κ3) is 4.18. The van der Waals surface area contributed by atoms with Crippen molar-refractivity contribution < 1.29 is 14.6 Å². The van der Waals surface area contributed by atoms with Gasteiger partial charge in [0.05, 0.1) is 12.7 Å². The first kappa shape index (κ1) is 20.2. The molecule has 5 heteroatoms. The molecule has 0 spiro atoms. The maximum atomic E-state index is 13.3. The molecule has 2 heterocycles. The summed E-state index contributed by atoms with van der Waals surface area (Å²) in [6.07, 6.45) is 10.5. The monoisotopic (exact) mass is 412 g/mol. The number of benzene rings is 1. The number of piperidine rings is 1. The van der Waals surface area contributed by atoms with Gasteiger partial charge in [-0.05, 0) is 87.7 Å². The Morgan fingerprint density at radius 3 is 2.47 bits per heavy atom. The highest BCUT2D eigenvalue weighted by molar-refractivity contribution is 5.76. The first-order valence-electron chi connectivity index (χ1n) is 12.1. The number of para-hydroxylation sites is 1. The molecular formula is C25H36N2O3. The van der Waals surface area contributed by atoms with Gasteiger partial charge in [-0.25, -0.2) is 4.79 Å². The van der Waals surface area contributed by atoms with Crippen LogP contribution in [0, 0.1) is 17.8 Å². The van der Waals surface area contributed by atoms with Crippen LogP contribution in [0.4, 0.5) is 4.79 Å². The topological polar surface area (TPSA) is 61.8 Å². The van der Waals surface area contributed by atoms with Crippen molar-refractivity contribution in [3.05, 3.63) is 30.3 Å². The molecule has 164 valence electrons. The second-order valence-electron chi connectivity index (χ2n) is 10.1. The van der Waals surface area contributed by atoms with E-state index in [2.05, 4.69) is 10.2 Å². The van der Waals surface area contributed by atoms with Crippen LogP contribution in [0.15, 0.2) is 30.3 Å². The number of hydrogen-bond donors (Lipinski definition) is 2. The number of ether oxygens (including phenoxy) is 1. The number of nitrogens with zero attached hydrogens (tertiary/aromatic N) is 1. The van der Waals surface area contributed by atoms with E-state index in [0.717, 1.165) is 70.1 Å². The molecule has 0 aromatic heterocycles. The molecule has 2 N–H and O–H groups in total. The van der Waals surface area contributed by atoms with Crippen molar-refractivity contribution in [2.24, 2.45) is 17.8 Å². The van der Waals surface area contributed by atoms with E-state index in [-0.39, 0.29) is 18.2 Å². The number of carbonyl (C=O) groups excluding carboxylic acids is 1. The summed E-state index contributed by atoms with van der Waals surface area (Å²) >= 11 is 0. The molecule has 5 nitrogen and oxygen atoms in total. The van der Waals surface area contributed by atoms with Crippen molar-refractivity contribution in [3.63, 3.8) is 0 Å². The smallest absolute Gasteiger partial charge is 0.318 e. The number of hydrogen-bond acceptors (Lipinski definition) is 3. The fourth-order valence-corrected chi connectivity index (χ4v) is 6.78. The summed E-state index contributed by atoms with van der Waals surface area (Å²) in [4.78, 5) is 15.5. The second-order valence-corrected chi connectivity index (χ2v) is 10.1. The van der Waals surface area contributed by atoms with Gasteiger partial charge in [0.25, 0.3) is 0 Å². The Hall–Kier alpha value is -1.75. The molecule has 0 radical (unpaired) electrons. The molecule has 2 aliphatic carbocycles. The minimum atomic E-state index is -0.190. The van der Waals surface area contributed by atoms with Gasteiger partial charge in [0, 0.05) is 18.1 Å². The average Bonchev–Trinajstić information content (AvgIpc) is 3.26. The van der Waals surface area contributed by atoms with Crippen LogP contribution < -0.4 is 10.1 Å². The van der Waals surface area contributed by atoms with Crippen molar-refractivity contribution >= 4 is 6.03 Å². The first-order chi connectivity index (χ1) is 14.7. The maximum Gasteiger partial charge on any atom is 0.318 e. The Balaban J connectivity index is 1.18. The number of aliphatic hydroxyl groups excluding tert-OH is 1. The lowest BCUT2D eigenvalue weighted by Gasteiger charge is -2.40. The molecule has 4 aliphatic rings. The molecule has 5 rings (SSSR count). The largest absolute Gasteiger partial charge is 0.493 e. The van der Waals surface area contributed by atoms with Gasteiger partial charge >= 0.3 is 6.03 Å². The van der Waals surface area contributed by atoms with Gasteiger partial charge in [0.1, 0.15) is 5.75 Å². The third-order valence-corrected chi connectivity index (χ3v) is 8.20. The summed E-state index contributed by atoms with van der Waals surface area (Å²) in [6.45, 7) is 0.747. The van der Waals surface area contributed by atoms with E-state index in [1.807, 2.05) is 30.3 Å². The minimum absolute atomic E-state index is 0.155. The Morgan fingerprint density at radius 1 is 0.967 bits per heavy atom. The highest BCUT2D eigenvalue weighted by Crippen LogP contribution is 2.42. The van der Waals surface area contributed by atoms with E-state index in [1.54, 1.807) is 0 Å². The quantitative estimate of drug-likeness (QED) is 0.773. The van der Waals surface area contributed by atoms with Crippen LogP contribution in [-0.4, -0.2) is 46.9 Å². The van der Waals surface area contributed by atoms with Gasteiger partial charge in [0.15, 0.2) is 0 Å². The fourth-order valence-electron chi connectivity index (χ4n) is 6.78. The lowest BCUT2D eigenvalue weighted by Crippen LogP contribution is -2.55. The van der Waals surface area contributed by atoms with E-state index in [1.165, 1.54) is 6.42 Å². The van der Waals surface area contributed by atoms with Gasteiger partial charge in [-0.15, -0.1) is 0 Å². The van der Waals surface area contributed by atoms with Crippen LogP contribution in [0.1, 0.15) is 64.2 Å². The molecule has 7 atom stereocenters. The summed E-state index contributed by atoms with van der Waals surface area (Å²) in [7, 11) is 0. The second kappa shape index (κ2) is 8.78. The van der Waals surface area contributed by atoms with E-state index in [0.29, 0.717) is 29.8 Å². The van der Waals surface area contributed by atoms with Crippen LogP contribution in [0.25, 0.3) is 0 Å². The van der Waals surface area contributed by atoms with Crippen molar-refractivity contribution in [2.75, 3.05) is 6.61 Å². The van der Waals surface area contributed by atoms with Crippen LogP contribution in [0.3, 0.4) is 0 Å². The number of fused-ring (bicyclic) bond motifs is 4. The van der Waals surface area contributed by atoms with Crippen molar-refractivity contribution in [1.82, 2.24) is 10.2 Å². The predicted octanol–water partition coefficient (Wildman–Crippen LogP) is 4.35. The Labute approximate surface area is 180 Å². The Bertz CT molecular complexity index is 712. The van der Waals surface area contributed by atoms with Crippen LogP contribution in [-0.2, 0) is 0 Å². The van der Waals surface area contributed by atoms with Gasteiger partial charge in [-0.1, -0.05) is 24.6 Å². The van der Waals surface area contributed by atoms with Crippen molar-refractivity contribution in [3.8, 4) is 5.75 Å². The zero-order valence-electron chi connectivity index (χ0n) is 17.9. The molecule has 2 saturated heterocycles. The lowest BCUT2D eigenvalue weighted by atomic mass is 9.85. The number of carbonyl (C=O) groups is 1. The Morgan fingerprint density at radius 2 is 1.70 bits per heavy atom. The highest BCUT2D eigenvalue weighted by Gasteiger charge is 2.46. The molecule has 4 bridgehead atoms. The minimum Gasteiger partial charge on any atom is -0.493 e. The third-order valence-electron chi connectivity index (χ3n) is 8.20. The molecule has 2 amide bonds. The summed E-state index contributed by atoms with van der Waals surface area (Å²) in [5.74, 6) is 2.51. The van der Waals surface area contributed by atoms with Crippen LogP contribution in [0.5, 0.6) is 5.75 Å². The van der Waals surface area contributed by atoms with E-state index in [9.17, 15) is 9.90 Å². The lowest BCUT2D eigenvalue weighted by molar-refractivity contribution is 0.0867. The maximum absolute atomic E-state index is 13.3. The fraction of sp³-hybridized carbons (Fsp3) is 0.720. The van der Waals surface area contributed by atoms with Gasteiger partial charge in [-0.3, -0.25) is 0 Å². The normalized spacial score (nSPS) is 38.0. The molecule has 4 fully saturated rings. The number of urea groups is 1. The molecule has 3 unspecified atom stereocenters. The van der Waals surface area contributed by atoms with E-state index in [4.69, 9.17) is 4.74 Å².